The molecule has 12 heavy (non-hydrogen) atoms. The van der Waals surface area contributed by atoms with Crippen LogP contribution in [0.1, 0.15) is 26.6 Å². The quantitative estimate of drug-likeness (QED) is 0.672. The van der Waals surface area contributed by atoms with Crippen LogP contribution in [0.5, 0.6) is 0 Å². The highest BCUT2D eigenvalue weighted by molar-refractivity contribution is 5.29. The molecule has 0 unspecified atom stereocenters. The van der Waals surface area contributed by atoms with Gasteiger partial charge in [0.05, 0.1) is 0 Å². The number of aromatic nitrogens is 3. The smallest absolute Gasteiger partial charge is 0.138 e. The Morgan fingerprint density at radius 2 is 2.25 bits per heavy atom. The summed E-state index contributed by atoms with van der Waals surface area (Å²) in [5.41, 5.74) is 1.31. The molecule has 0 saturated carbocycles. The fraction of sp³-hybridized carbons (Fsp3) is 0.556. The lowest BCUT2D eigenvalue weighted by molar-refractivity contribution is 0.759. The predicted octanol–water partition coefficient (Wildman–Crippen LogP) is 2.10. The highest BCUT2D eigenvalue weighted by Gasteiger charge is 1.98. The lowest BCUT2D eigenvalue weighted by Crippen LogP contribution is -1.97. The van der Waals surface area contributed by atoms with Crippen LogP contribution >= 0.6 is 0 Å². The predicted molar refractivity (Wildman–Crippen MR) is 49.5 cm³/mol. The van der Waals surface area contributed by atoms with Gasteiger partial charge in [0, 0.05) is 6.20 Å². The van der Waals surface area contributed by atoms with E-state index in [2.05, 4.69) is 30.9 Å². The third kappa shape index (κ3) is 1.94. The van der Waals surface area contributed by atoms with Gasteiger partial charge in [-0.05, 0) is 19.8 Å². The zero-order chi connectivity index (χ0) is 9.14. The van der Waals surface area contributed by atoms with E-state index in [0.29, 0.717) is 5.92 Å². The van der Waals surface area contributed by atoms with Crippen molar-refractivity contribution in [2.24, 2.45) is 5.92 Å². The number of aryl methyl sites for hydroxylation is 1. The van der Waals surface area contributed by atoms with Gasteiger partial charge in [0.15, 0.2) is 0 Å². The first-order valence-corrected chi connectivity index (χ1v) is 4.15. The largest absolute Gasteiger partial charge is 0.226 e. The molecule has 1 aromatic heterocycles. The van der Waals surface area contributed by atoms with Crippen molar-refractivity contribution in [3.05, 3.63) is 17.7 Å². The maximum atomic E-state index is 4.07. The third-order valence-electron chi connectivity index (χ3n) is 1.99. The molecule has 0 radical (unpaired) electrons. The van der Waals surface area contributed by atoms with Crippen LogP contribution in [0, 0.1) is 12.8 Å². The van der Waals surface area contributed by atoms with Crippen molar-refractivity contribution in [1.29, 1.82) is 0 Å². The Morgan fingerprint density at radius 1 is 1.58 bits per heavy atom. The summed E-state index contributed by atoms with van der Waals surface area (Å²) in [6.07, 6.45) is 3.59. The first-order chi connectivity index (χ1) is 5.61. The minimum Gasteiger partial charge on any atom is -0.226 e. The Morgan fingerprint density at radius 3 is 2.67 bits per heavy atom. The topological polar surface area (TPSA) is 30.7 Å². The van der Waals surface area contributed by atoms with Gasteiger partial charge in [-0.2, -0.15) is 5.10 Å². The maximum absolute atomic E-state index is 4.07. The lowest BCUT2D eigenvalue weighted by atomic mass is 10.1. The van der Waals surface area contributed by atoms with Gasteiger partial charge in [-0.25, -0.2) is 9.67 Å². The fourth-order valence-corrected chi connectivity index (χ4v) is 0.776. The van der Waals surface area contributed by atoms with Crippen molar-refractivity contribution in [1.82, 2.24) is 14.8 Å². The number of allylic oxidation sites excluding steroid dienone is 1. The van der Waals surface area contributed by atoms with Crippen LogP contribution in [0.3, 0.4) is 0 Å². The summed E-state index contributed by atoms with van der Waals surface area (Å²) in [5.74, 6) is 1.49. The minimum absolute atomic E-state index is 0.564. The molecule has 3 heteroatoms. The number of hydrogen-bond donors (Lipinski definition) is 0. The van der Waals surface area contributed by atoms with Crippen LogP contribution in [-0.2, 0) is 0 Å². The molecule has 0 aliphatic carbocycles. The number of nitrogens with zero attached hydrogens (tertiary/aromatic N) is 3. The first-order valence-electron chi connectivity index (χ1n) is 4.15. The van der Waals surface area contributed by atoms with Crippen molar-refractivity contribution in [2.75, 3.05) is 0 Å². The van der Waals surface area contributed by atoms with Gasteiger partial charge in [0.25, 0.3) is 0 Å². The normalized spacial score (nSPS) is 12.6. The van der Waals surface area contributed by atoms with E-state index in [1.54, 1.807) is 11.0 Å². The molecule has 0 atom stereocenters. The highest BCUT2D eigenvalue weighted by atomic mass is 15.3. The van der Waals surface area contributed by atoms with Crippen molar-refractivity contribution in [2.45, 2.75) is 27.7 Å². The van der Waals surface area contributed by atoms with Gasteiger partial charge in [0.2, 0.25) is 0 Å². The van der Waals surface area contributed by atoms with Gasteiger partial charge < -0.3 is 0 Å². The van der Waals surface area contributed by atoms with E-state index in [0.717, 1.165) is 5.82 Å². The standard InChI is InChI=1S/C9H15N3/c1-7(2)8(3)5-12-9(4)10-6-11-12/h5-7H,1-4H3/b8-5+. The second-order valence-electron chi connectivity index (χ2n) is 3.28. The Bertz CT molecular complexity index is 284. The van der Waals surface area contributed by atoms with Crippen molar-refractivity contribution < 1.29 is 0 Å². The zero-order valence-electron chi connectivity index (χ0n) is 8.07. The monoisotopic (exact) mass is 165 g/mol. The molecule has 3 nitrogen and oxygen atoms in total. The average Bonchev–Trinajstić information content (AvgIpc) is 2.36. The minimum atomic E-state index is 0.564. The summed E-state index contributed by atoms with van der Waals surface area (Å²) >= 11 is 0. The Balaban J connectivity index is 2.87. The Labute approximate surface area is 73.1 Å². The van der Waals surface area contributed by atoms with Crippen LogP contribution in [0.2, 0.25) is 0 Å². The van der Waals surface area contributed by atoms with E-state index < -0.39 is 0 Å². The molecule has 1 rings (SSSR count). The number of rotatable bonds is 2. The molecule has 0 spiro atoms. The lowest BCUT2D eigenvalue weighted by Gasteiger charge is -2.04. The van der Waals surface area contributed by atoms with Crippen LogP contribution in [0.15, 0.2) is 11.9 Å². The molecule has 66 valence electrons. The first kappa shape index (κ1) is 8.97. The van der Waals surface area contributed by atoms with E-state index in [1.165, 1.54) is 5.57 Å². The molecule has 0 N–H and O–H groups in total. The summed E-state index contributed by atoms with van der Waals surface area (Å²) in [4.78, 5) is 4.04. The highest BCUT2D eigenvalue weighted by Crippen LogP contribution is 2.09. The van der Waals surface area contributed by atoms with E-state index in [4.69, 9.17) is 0 Å². The maximum Gasteiger partial charge on any atom is 0.138 e. The van der Waals surface area contributed by atoms with Crippen LogP contribution in [0.25, 0.3) is 6.20 Å². The molecular formula is C9H15N3. The van der Waals surface area contributed by atoms with Crippen molar-refractivity contribution >= 4 is 6.20 Å². The van der Waals surface area contributed by atoms with E-state index in [9.17, 15) is 0 Å². The summed E-state index contributed by atoms with van der Waals surface area (Å²) in [5, 5.41) is 4.07. The summed E-state index contributed by atoms with van der Waals surface area (Å²) in [6.45, 7) is 8.37. The van der Waals surface area contributed by atoms with Crippen LogP contribution < -0.4 is 0 Å². The summed E-state index contributed by atoms with van der Waals surface area (Å²) in [6, 6.07) is 0. The molecule has 0 aromatic carbocycles. The molecule has 0 aliphatic rings. The SMILES string of the molecule is C/C(=C\n1ncnc1C)C(C)C. The van der Waals surface area contributed by atoms with Gasteiger partial charge in [-0.15, -0.1) is 0 Å². The van der Waals surface area contributed by atoms with Gasteiger partial charge in [-0.1, -0.05) is 19.4 Å². The second kappa shape index (κ2) is 3.52. The van der Waals surface area contributed by atoms with Crippen LogP contribution in [-0.4, -0.2) is 14.8 Å². The molecule has 1 heterocycles. The third-order valence-corrected chi connectivity index (χ3v) is 1.99. The van der Waals surface area contributed by atoms with Gasteiger partial charge >= 0.3 is 0 Å². The van der Waals surface area contributed by atoms with Crippen molar-refractivity contribution in [3.63, 3.8) is 0 Å². The van der Waals surface area contributed by atoms with E-state index >= 15 is 0 Å². The molecule has 0 saturated heterocycles. The second-order valence-corrected chi connectivity index (χ2v) is 3.28. The Hall–Kier alpha value is -1.12. The van der Waals surface area contributed by atoms with Crippen molar-refractivity contribution in [3.8, 4) is 0 Å². The zero-order valence-corrected chi connectivity index (χ0v) is 8.07. The molecule has 0 bridgehead atoms. The average molecular weight is 165 g/mol. The van der Waals surface area contributed by atoms with Gasteiger partial charge in [-0.3, -0.25) is 0 Å². The van der Waals surface area contributed by atoms with Crippen LogP contribution in [0.4, 0.5) is 0 Å². The summed E-state index contributed by atoms with van der Waals surface area (Å²) < 4.78 is 1.80. The molecule has 0 amide bonds. The van der Waals surface area contributed by atoms with Gasteiger partial charge in [0.1, 0.15) is 12.2 Å². The number of hydrogen-bond acceptors (Lipinski definition) is 2. The summed E-state index contributed by atoms with van der Waals surface area (Å²) in [7, 11) is 0. The van der Waals surface area contributed by atoms with E-state index in [1.807, 2.05) is 13.1 Å². The Kier molecular flexibility index (Phi) is 2.63. The van der Waals surface area contributed by atoms with E-state index in [-0.39, 0.29) is 0 Å². The molecule has 0 fully saturated rings. The fourth-order valence-electron chi connectivity index (χ4n) is 0.776. The molecule has 1 aromatic rings. The molecular weight excluding hydrogens is 150 g/mol. The molecule has 0 aliphatic heterocycles.